The van der Waals surface area contributed by atoms with Gasteiger partial charge in [-0.15, -0.1) is 15.0 Å². The number of hydrogen-bond donors (Lipinski definition) is 1. The lowest BCUT2D eigenvalue weighted by molar-refractivity contribution is -0.137. The van der Waals surface area contributed by atoms with Crippen molar-refractivity contribution in [3.63, 3.8) is 0 Å². The maximum atomic E-state index is 10.4. The second-order valence-corrected chi connectivity index (χ2v) is 4.68. The number of benzene rings is 1. The van der Waals surface area contributed by atoms with E-state index in [-0.39, 0.29) is 12.8 Å². The number of hydrogen-bond acceptors (Lipinski definition) is 4. The van der Waals surface area contributed by atoms with Crippen LogP contribution in [0.3, 0.4) is 0 Å². The fourth-order valence-electron chi connectivity index (χ4n) is 1.38. The van der Waals surface area contributed by atoms with Gasteiger partial charge in [0.15, 0.2) is 5.82 Å². The normalized spacial score (nSPS) is 10.6. The minimum atomic E-state index is -0.871. The first kappa shape index (κ1) is 12.7. The van der Waals surface area contributed by atoms with Gasteiger partial charge in [-0.05, 0) is 29.8 Å². The molecule has 0 bridgehead atoms. The number of carboxylic acid groups (broad SMARTS) is 1. The molecule has 1 aromatic carbocycles. The molecule has 0 atom stereocenters. The Bertz CT molecular complexity index is 582. The highest BCUT2D eigenvalue weighted by atomic mass is 79.9. The van der Waals surface area contributed by atoms with Crippen LogP contribution in [0.5, 0.6) is 0 Å². The number of aryl methyl sites for hydroxylation is 2. The van der Waals surface area contributed by atoms with Crippen molar-refractivity contribution in [2.24, 2.45) is 0 Å². The zero-order chi connectivity index (χ0) is 13.1. The summed E-state index contributed by atoms with van der Waals surface area (Å²) in [6, 6.07) is 5.71. The molecule has 0 aliphatic carbocycles. The van der Waals surface area contributed by atoms with Crippen LogP contribution in [0.4, 0.5) is 0 Å². The minimum absolute atomic E-state index is 0.00326. The van der Waals surface area contributed by atoms with E-state index >= 15 is 0 Å². The van der Waals surface area contributed by atoms with Crippen LogP contribution in [0, 0.1) is 6.92 Å². The predicted octanol–water partition coefficient (Wildman–Crippen LogP) is 1.75. The third-order valence-electron chi connectivity index (χ3n) is 2.40. The van der Waals surface area contributed by atoms with Crippen molar-refractivity contribution in [3.05, 3.63) is 34.1 Å². The molecule has 1 aromatic heterocycles. The third kappa shape index (κ3) is 2.92. The number of tetrazole rings is 1. The molecule has 7 heteroatoms. The summed E-state index contributed by atoms with van der Waals surface area (Å²) in [7, 11) is 0. The van der Waals surface area contributed by atoms with Crippen LogP contribution in [0.1, 0.15) is 17.8 Å². The van der Waals surface area contributed by atoms with Crippen molar-refractivity contribution in [1.29, 1.82) is 0 Å². The molecular weight excluding hydrogens is 300 g/mol. The molecule has 1 heterocycles. The summed E-state index contributed by atoms with van der Waals surface area (Å²) in [5, 5.41) is 20.4. The molecule has 2 rings (SSSR count). The second-order valence-electron chi connectivity index (χ2n) is 3.82. The Kier molecular flexibility index (Phi) is 3.71. The van der Waals surface area contributed by atoms with Gasteiger partial charge in [-0.2, -0.15) is 0 Å². The number of aromatic nitrogens is 4. The SMILES string of the molecule is Cc1ccc(-n2nnc(CCC(=O)O)n2)cc1Br. The average Bonchev–Trinajstić information content (AvgIpc) is 2.79. The fraction of sp³-hybridized carbons (Fsp3) is 0.273. The lowest BCUT2D eigenvalue weighted by atomic mass is 10.2. The van der Waals surface area contributed by atoms with Crippen molar-refractivity contribution in [1.82, 2.24) is 20.2 Å². The molecule has 94 valence electrons. The summed E-state index contributed by atoms with van der Waals surface area (Å²) in [5.41, 5.74) is 1.89. The molecule has 18 heavy (non-hydrogen) atoms. The van der Waals surface area contributed by atoms with E-state index in [2.05, 4.69) is 31.3 Å². The lowest BCUT2D eigenvalue weighted by Gasteiger charge is -2.01. The van der Waals surface area contributed by atoms with Gasteiger partial charge in [0.1, 0.15) is 0 Å². The van der Waals surface area contributed by atoms with Gasteiger partial charge < -0.3 is 5.11 Å². The molecule has 0 spiro atoms. The topological polar surface area (TPSA) is 80.9 Å². The number of nitrogens with zero attached hydrogens (tertiary/aromatic N) is 4. The molecule has 0 unspecified atom stereocenters. The Hall–Kier alpha value is -1.76. The molecule has 0 saturated carbocycles. The van der Waals surface area contributed by atoms with Crippen molar-refractivity contribution >= 4 is 21.9 Å². The average molecular weight is 311 g/mol. The standard InChI is InChI=1S/C11H11BrN4O2/c1-7-2-3-8(6-9(7)12)16-14-10(13-15-16)4-5-11(17)18/h2-3,6H,4-5H2,1H3,(H,17,18). The van der Waals surface area contributed by atoms with E-state index in [1.54, 1.807) is 0 Å². The van der Waals surface area contributed by atoms with E-state index in [4.69, 9.17) is 5.11 Å². The van der Waals surface area contributed by atoms with Crippen LogP contribution in [0.2, 0.25) is 0 Å². The van der Waals surface area contributed by atoms with Gasteiger partial charge in [0, 0.05) is 10.9 Å². The number of halogens is 1. The van der Waals surface area contributed by atoms with Crippen molar-refractivity contribution in [3.8, 4) is 5.69 Å². The smallest absolute Gasteiger partial charge is 0.303 e. The number of carbonyl (C=O) groups is 1. The van der Waals surface area contributed by atoms with E-state index in [9.17, 15) is 4.79 Å². The lowest BCUT2D eigenvalue weighted by Crippen LogP contribution is -2.01. The Morgan fingerprint density at radius 1 is 1.50 bits per heavy atom. The first-order chi connectivity index (χ1) is 8.56. The van der Waals surface area contributed by atoms with Gasteiger partial charge in [0.05, 0.1) is 12.1 Å². The highest BCUT2D eigenvalue weighted by Gasteiger charge is 2.07. The van der Waals surface area contributed by atoms with Crippen LogP contribution in [0.15, 0.2) is 22.7 Å². The van der Waals surface area contributed by atoms with Crippen molar-refractivity contribution < 1.29 is 9.90 Å². The monoisotopic (exact) mass is 310 g/mol. The van der Waals surface area contributed by atoms with Crippen molar-refractivity contribution in [2.75, 3.05) is 0 Å². The number of aliphatic carboxylic acids is 1. The summed E-state index contributed by atoms with van der Waals surface area (Å²) >= 11 is 3.43. The molecule has 0 aliphatic heterocycles. The molecule has 0 amide bonds. The van der Waals surface area contributed by atoms with Crippen LogP contribution >= 0.6 is 15.9 Å². The molecular formula is C11H11BrN4O2. The van der Waals surface area contributed by atoms with Gasteiger partial charge >= 0.3 is 5.97 Å². The Morgan fingerprint density at radius 2 is 2.28 bits per heavy atom. The van der Waals surface area contributed by atoms with Crippen LogP contribution in [-0.4, -0.2) is 31.3 Å². The zero-order valence-corrected chi connectivity index (χ0v) is 11.3. The summed E-state index contributed by atoms with van der Waals surface area (Å²) in [4.78, 5) is 11.8. The highest BCUT2D eigenvalue weighted by molar-refractivity contribution is 9.10. The van der Waals surface area contributed by atoms with Gasteiger partial charge in [0.25, 0.3) is 0 Å². The van der Waals surface area contributed by atoms with Crippen LogP contribution < -0.4 is 0 Å². The van der Waals surface area contributed by atoms with Gasteiger partial charge in [-0.1, -0.05) is 22.0 Å². The third-order valence-corrected chi connectivity index (χ3v) is 3.26. The largest absolute Gasteiger partial charge is 0.481 e. The van der Waals surface area contributed by atoms with E-state index in [0.29, 0.717) is 5.82 Å². The Balaban J connectivity index is 2.18. The highest BCUT2D eigenvalue weighted by Crippen LogP contribution is 2.18. The van der Waals surface area contributed by atoms with Crippen LogP contribution in [-0.2, 0) is 11.2 Å². The van der Waals surface area contributed by atoms with Gasteiger partial charge in [0.2, 0.25) is 0 Å². The van der Waals surface area contributed by atoms with Gasteiger partial charge in [-0.3, -0.25) is 4.79 Å². The fourth-order valence-corrected chi connectivity index (χ4v) is 1.74. The molecule has 0 radical (unpaired) electrons. The van der Waals surface area contributed by atoms with E-state index in [1.165, 1.54) is 4.80 Å². The summed E-state index contributed by atoms with van der Waals surface area (Å²) < 4.78 is 0.962. The summed E-state index contributed by atoms with van der Waals surface area (Å²) in [6.45, 7) is 1.99. The summed E-state index contributed by atoms with van der Waals surface area (Å²) in [6.07, 6.45) is 0.283. The van der Waals surface area contributed by atoms with E-state index < -0.39 is 5.97 Å². The molecule has 0 aliphatic rings. The Morgan fingerprint density at radius 3 is 2.94 bits per heavy atom. The summed E-state index contributed by atoms with van der Waals surface area (Å²) in [5.74, 6) is -0.446. The first-order valence-electron chi connectivity index (χ1n) is 5.33. The number of carboxylic acids is 1. The second kappa shape index (κ2) is 5.26. The molecule has 0 fully saturated rings. The molecule has 6 nitrogen and oxygen atoms in total. The predicted molar refractivity (Wildman–Crippen MR) is 67.5 cm³/mol. The first-order valence-corrected chi connectivity index (χ1v) is 6.13. The maximum absolute atomic E-state index is 10.4. The Labute approximate surface area is 112 Å². The molecule has 0 saturated heterocycles. The van der Waals surface area contributed by atoms with E-state index in [1.807, 2.05) is 25.1 Å². The number of rotatable bonds is 4. The molecule has 1 N–H and O–H groups in total. The van der Waals surface area contributed by atoms with E-state index in [0.717, 1.165) is 15.7 Å². The van der Waals surface area contributed by atoms with Crippen LogP contribution in [0.25, 0.3) is 5.69 Å². The molecule has 2 aromatic rings. The quantitative estimate of drug-likeness (QED) is 0.930. The van der Waals surface area contributed by atoms with Gasteiger partial charge in [-0.25, -0.2) is 0 Å². The minimum Gasteiger partial charge on any atom is -0.481 e. The van der Waals surface area contributed by atoms with Crippen molar-refractivity contribution in [2.45, 2.75) is 19.8 Å². The maximum Gasteiger partial charge on any atom is 0.303 e. The zero-order valence-electron chi connectivity index (χ0n) is 9.67.